The third-order valence-corrected chi connectivity index (χ3v) is 9.05. The summed E-state index contributed by atoms with van der Waals surface area (Å²) in [7, 11) is 0. The molecule has 2 saturated heterocycles. The van der Waals surface area contributed by atoms with Crippen LogP contribution in [0, 0.1) is 0 Å². The van der Waals surface area contributed by atoms with Crippen molar-refractivity contribution in [3.63, 3.8) is 0 Å². The quantitative estimate of drug-likeness (QED) is 0.129. The van der Waals surface area contributed by atoms with E-state index in [1.807, 2.05) is 0 Å². The number of nitrogens with one attached hydrogen (secondary N) is 1. The number of halogens is 3. The standard InChI is InChI=1S/C31H34Cl3NO11/c1-13(5-6-42-22-10-17(33)16(32)9-18(22)34)28-20(37)11-23(46-28)45-21-4-3-15(8-19(21)36)7-14(2)31(41)35-24-25(38)27(40)30-29(26(24)39)43-12-44-30/h3-5,7-10,20,23-30,36-40H,6,11-12H2,1-2H3,(H,35,41)/t20-,23+,24+,25-,26+,27+,28+,29-,30+/m0/s1. The van der Waals surface area contributed by atoms with Gasteiger partial charge in [-0.1, -0.05) is 40.9 Å². The average Bonchev–Trinajstić information content (AvgIpc) is 3.65. The molecule has 12 nitrogen and oxygen atoms in total. The molecule has 1 amide bonds. The lowest BCUT2D eigenvalue weighted by Gasteiger charge is -2.41. The van der Waals surface area contributed by atoms with Gasteiger partial charge in [-0.25, -0.2) is 0 Å². The van der Waals surface area contributed by atoms with E-state index < -0.39 is 61.0 Å². The Morgan fingerprint density at radius 1 is 0.957 bits per heavy atom. The number of aromatic hydroxyl groups is 1. The molecule has 1 aliphatic carbocycles. The van der Waals surface area contributed by atoms with E-state index in [1.54, 1.807) is 19.1 Å². The van der Waals surface area contributed by atoms with Gasteiger partial charge in [0.25, 0.3) is 0 Å². The first-order chi connectivity index (χ1) is 21.8. The summed E-state index contributed by atoms with van der Waals surface area (Å²) in [5, 5.41) is 56.1. The Bertz CT molecular complexity index is 1500. The fourth-order valence-electron chi connectivity index (χ4n) is 5.51. The summed E-state index contributed by atoms with van der Waals surface area (Å²) >= 11 is 18.1. The number of hydrogen-bond acceptors (Lipinski definition) is 11. The Balaban J connectivity index is 1.16. The highest BCUT2D eigenvalue weighted by Crippen LogP contribution is 2.36. The highest BCUT2D eigenvalue weighted by molar-refractivity contribution is 6.43. The van der Waals surface area contributed by atoms with Crippen LogP contribution in [-0.4, -0.2) is 99.9 Å². The van der Waals surface area contributed by atoms with Crippen LogP contribution in [-0.2, 0) is 19.0 Å². The SMILES string of the molecule is CC(=Cc1ccc(O[C@H]2C[C@H](O)[C@@H](C(C)=CCOc3cc(Cl)c(Cl)cc3Cl)O2)c(O)c1)C(=O)N[C@@H]1[C@H](O)[C@@H](O)[C@H]2OCO[C@H]2[C@@H]1O. The van der Waals surface area contributed by atoms with Crippen LogP contribution in [0.1, 0.15) is 25.8 Å². The molecule has 46 heavy (non-hydrogen) atoms. The predicted octanol–water partition coefficient (Wildman–Crippen LogP) is 2.96. The number of carbonyl (C=O) groups excluding carboxylic acids is 1. The van der Waals surface area contributed by atoms with E-state index in [4.69, 9.17) is 58.5 Å². The Hall–Kier alpha value is -2.62. The Labute approximate surface area is 279 Å². The van der Waals surface area contributed by atoms with Crippen LogP contribution >= 0.6 is 34.8 Å². The molecule has 250 valence electrons. The second-order valence-corrected chi connectivity index (χ2v) is 12.5. The van der Waals surface area contributed by atoms with Crippen molar-refractivity contribution in [2.24, 2.45) is 0 Å². The average molecular weight is 703 g/mol. The van der Waals surface area contributed by atoms with E-state index in [0.717, 1.165) is 0 Å². The number of fused-ring (bicyclic) bond motifs is 1. The van der Waals surface area contributed by atoms with Crippen molar-refractivity contribution >= 4 is 46.8 Å². The lowest BCUT2D eigenvalue weighted by atomic mass is 9.83. The molecule has 2 aromatic rings. The van der Waals surface area contributed by atoms with Crippen LogP contribution < -0.4 is 14.8 Å². The molecule has 3 aliphatic rings. The van der Waals surface area contributed by atoms with Gasteiger partial charge in [0.15, 0.2) is 11.5 Å². The first kappa shape index (κ1) is 34.7. The van der Waals surface area contributed by atoms with Crippen molar-refractivity contribution in [3.8, 4) is 17.2 Å². The Morgan fingerprint density at radius 2 is 1.65 bits per heavy atom. The van der Waals surface area contributed by atoms with E-state index in [2.05, 4.69) is 5.32 Å². The van der Waals surface area contributed by atoms with Gasteiger partial charge in [-0.3, -0.25) is 4.79 Å². The zero-order chi connectivity index (χ0) is 33.3. The van der Waals surface area contributed by atoms with E-state index in [0.29, 0.717) is 32.0 Å². The summed E-state index contributed by atoms with van der Waals surface area (Å²) in [6.07, 6.45) is -4.98. The molecule has 15 heteroatoms. The van der Waals surface area contributed by atoms with E-state index in [1.165, 1.54) is 37.3 Å². The molecule has 9 atom stereocenters. The number of aliphatic hydroxyl groups is 4. The van der Waals surface area contributed by atoms with Gasteiger partial charge in [-0.05, 0) is 55.3 Å². The molecule has 0 radical (unpaired) electrons. The number of phenolic OH excluding ortho intramolecular Hbond substituents is 1. The molecule has 2 aliphatic heterocycles. The maximum atomic E-state index is 12.9. The second-order valence-electron chi connectivity index (χ2n) is 11.3. The van der Waals surface area contributed by atoms with Crippen molar-refractivity contribution in [3.05, 3.63) is 68.2 Å². The van der Waals surface area contributed by atoms with Crippen molar-refractivity contribution in [2.75, 3.05) is 13.4 Å². The smallest absolute Gasteiger partial charge is 0.247 e. The van der Waals surface area contributed by atoms with Gasteiger partial charge in [0, 0.05) is 18.1 Å². The van der Waals surface area contributed by atoms with Gasteiger partial charge in [-0.15, -0.1) is 0 Å². The molecule has 0 spiro atoms. The number of aliphatic hydroxyl groups excluding tert-OH is 4. The lowest BCUT2D eigenvalue weighted by molar-refractivity contribution is -0.155. The van der Waals surface area contributed by atoms with Crippen LogP contribution in [0.5, 0.6) is 17.2 Å². The minimum absolute atomic E-state index is 0.104. The molecule has 5 rings (SSSR count). The van der Waals surface area contributed by atoms with E-state index in [9.17, 15) is 30.3 Å². The van der Waals surface area contributed by atoms with Crippen LogP contribution in [0.3, 0.4) is 0 Å². The zero-order valence-electron chi connectivity index (χ0n) is 24.7. The van der Waals surface area contributed by atoms with Gasteiger partial charge < -0.3 is 54.5 Å². The fraction of sp³-hybridized carbons (Fsp3) is 0.452. The highest BCUT2D eigenvalue weighted by Gasteiger charge is 2.53. The lowest BCUT2D eigenvalue weighted by Crippen LogP contribution is -2.67. The summed E-state index contributed by atoms with van der Waals surface area (Å²) in [5.41, 5.74) is 1.35. The number of ether oxygens (including phenoxy) is 5. The topological polar surface area (TPSA) is 176 Å². The number of carbonyl (C=O) groups is 1. The van der Waals surface area contributed by atoms with Gasteiger partial charge >= 0.3 is 0 Å². The maximum Gasteiger partial charge on any atom is 0.247 e. The first-order valence-electron chi connectivity index (χ1n) is 14.4. The monoisotopic (exact) mass is 701 g/mol. The van der Waals surface area contributed by atoms with E-state index in [-0.39, 0.29) is 36.9 Å². The van der Waals surface area contributed by atoms with Gasteiger partial charge in [-0.2, -0.15) is 0 Å². The van der Waals surface area contributed by atoms with Gasteiger partial charge in [0.05, 0.1) is 27.2 Å². The van der Waals surface area contributed by atoms with Crippen molar-refractivity contribution in [1.29, 1.82) is 0 Å². The molecular weight excluding hydrogens is 669 g/mol. The molecule has 3 fully saturated rings. The zero-order valence-corrected chi connectivity index (χ0v) is 26.9. The summed E-state index contributed by atoms with van der Waals surface area (Å²) in [6.45, 7) is 3.28. The summed E-state index contributed by atoms with van der Waals surface area (Å²) < 4.78 is 27.9. The molecule has 2 heterocycles. The maximum absolute atomic E-state index is 12.9. The Kier molecular flexibility index (Phi) is 11.1. The van der Waals surface area contributed by atoms with Crippen molar-refractivity contribution in [1.82, 2.24) is 5.32 Å². The molecule has 2 aromatic carbocycles. The predicted molar refractivity (Wildman–Crippen MR) is 167 cm³/mol. The second kappa shape index (κ2) is 14.7. The minimum atomic E-state index is -1.48. The van der Waals surface area contributed by atoms with Crippen LogP contribution in [0.2, 0.25) is 15.1 Å². The summed E-state index contributed by atoms with van der Waals surface area (Å²) in [4.78, 5) is 12.9. The van der Waals surface area contributed by atoms with Gasteiger partial charge in [0.1, 0.15) is 55.8 Å². The van der Waals surface area contributed by atoms with E-state index >= 15 is 0 Å². The van der Waals surface area contributed by atoms with Crippen LogP contribution in [0.15, 0.2) is 47.6 Å². The molecule has 0 aromatic heterocycles. The first-order valence-corrected chi connectivity index (χ1v) is 15.5. The van der Waals surface area contributed by atoms with Gasteiger partial charge in [0.2, 0.25) is 12.2 Å². The van der Waals surface area contributed by atoms with Crippen LogP contribution in [0.25, 0.3) is 6.08 Å². The normalized spacial score (nSPS) is 31.5. The number of benzene rings is 2. The van der Waals surface area contributed by atoms with Crippen molar-refractivity contribution < 1.29 is 54.0 Å². The Morgan fingerprint density at radius 3 is 2.37 bits per heavy atom. The largest absolute Gasteiger partial charge is 0.504 e. The van der Waals surface area contributed by atoms with Crippen molar-refractivity contribution in [2.45, 2.75) is 75.3 Å². The third-order valence-electron chi connectivity index (χ3n) is 8.03. The highest BCUT2D eigenvalue weighted by atomic mass is 35.5. The number of phenols is 1. The molecule has 0 bridgehead atoms. The number of hydrogen-bond donors (Lipinski definition) is 6. The third kappa shape index (κ3) is 7.57. The minimum Gasteiger partial charge on any atom is -0.504 e. The molecular formula is C31H34Cl3NO11. The molecule has 6 N–H and O–H groups in total. The summed E-state index contributed by atoms with van der Waals surface area (Å²) in [5.74, 6) is -0.380. The molecule has 0 unspecified atom stereocenters. The fourth-order valence-corrected chi connectivity index (χ4v) is 6.10. The molecule has 1 saturated carbocycles. The number of amides is 1. The number of rotatable bonds is 9. The summed E-state index contributed by atoms with van der Waals surface area (Å²) in [6, 6.07) is 6.28. The van der Waals surface area contributed by atoms with Crippen LogP contribution in [0.4, 0.5) is 0 Å².